The molecule has 1 aliphatic heterocycles. The monoisotopic (exact) mass is 219 g/mol. The van der Waals surface area contributed by atoms with E-state index in [2.05, 4.69) is 5.32 Å². The van der Waals surface area contributed by atoms with Gasteiger partial charge in [0.2, 0.25) is 0 Å². The summed E-state index contributed by atoms with van der Waals surface area (Å²) in [6, 6.07) is 0. The minimum atomic E-state index is -0.494. The molecule has 1 atom stereocenters. The number of carbonyl (C=O) groups excluding carboxylic acids is 1. The van der Waals surface area contributed by atoms with E-state index in [0.29, 0.717) is 18.9 Å². The molecule has 0 aromatic heterocycles. The van der Waals surface area contributed by atoms with Gasteiger partial charge < -0.3 is 14.8 Å². The highest BCUT2D eigenvalue weighted by Gasteiger charge is 2.32. The van der Waals surface area contributed by atoms with Crippen LogP contribution in [0.15, 0.2) is 0 Å². The first-order valence-electron chi connectivity index (χ1n) is 4.76. The highest BCUT2D eigenvalue weighted by molar-refractivity contribution is 8.13. The molecular formula is C9H17NO3S. The van der Waals surface area contributed by atoms with E-state index in [9.17, 15) is 4.79 Å². The highest BCUT2D eigenvalue weighted by atomic mass is 32.2. The Kier molecular flexibility index (Phi) is 4.22. The van der Waals surface area contributed by atoms with Crippen molar-refractivity contribution in [3.8, 4) is 0 Å². The fourth-order valence-electron chi connectivity index (χ4n) is 1.21. The lowest BCUT2D eigenvalue weighted by atomic mass is 10.4. The fraction of sp³-hybridized carbons (Fsp3) is 0.889. The number of carbonyl (C=O) groups is 1. The number of rotatable bonds is 3. The molecule has 0 aromatic rings. The predicted octanol–water partition coefficient (Wildman–Crippen LogP) is 1.60. The van der Waals surface area contributed by atoms with Crippen LogP contribution in [-0.2, 0) is 9.47 Å². The van der Waals surface area contributed by atoms with Gasteiger partial charge in [0, 0.05) is 12.3 Å². The quantitative estimate of drug-likeness (QED) is 0.783. The lowest BCUT2D eigenvalue weighted by Crippen LogP contribution is -2.24. The van der Waals surface area contributed by atoms with Gasteiger partial charge in [-0.15, -0.1) is 0 Å². The minimum Gasteiger partial charge on any atom is -0.348 e. The van der Waals surface area contributed by atoms with E-state index in [1.807, 2.05) is 20.8 Å². The topological polar surface area (TPSA) is 47.6 Å². The second-order valence-electron chi connectivity index (χ2n) is 3.58. The van der Waals surface area contributed by atoms with E-state index in [1.165, 1.54) is 11.8 Å². The van der Waals surface area contributed by atoms with Gasteiger partial charge in [0.15, 0.2) is 5.79 Å². The molecular weight excluding hydrogens is 202 g/mol. The van der Waals surface area contributed by atoms with Gasteiger partial charge in [0.25, 0.3) is 5.24 Å². The molecule has 0 aliphatic carbocycles. The number of hydrogen-bond acceptors (Lipinski definition) is 4. The molecule has 4 nitrogen and oxygen atoms in total. The normalized spacial score (nSPS) is 24.9. The highest BCUT2D eigenvalue weighted by Crippen LogP contribution is 2.24. The van der Waals surface area contributed by atoms with E-state index in [4.69, 9.17) is 9.47 Å². The van der Waals surface area contributed by atoms with Crippen LogP contribution in [0.5, 0.6) is 0 Å². The van der Waals surface area contributed by atoms with Gasteiger partial charge in [-0.05, 0) is 20.8 Å². The molecule has 1 heterocycles. The maximum absolute atomic E-state index is 11.1. The first-order chi connectivity index (χ1) is 6.53. The lowest BCUT2D eigenvalue weighted by Gasteiger charge is -2.16. The Morgan fingerprint density at radius 2 is 2.36 bits per heavy atom. The molecule has 1 saturated heterocycles. The maximum Gasteiger partial charge on any atom is 0.279 e. The number of hydrogen-bond donors (Lipinski definition) is 1. The number of nitrogens with one attached hydrogen (secondary N) is 1. The van der Waals surface area contributed by atoms with Crippen LogP contribution in [0, 0.1) is 0 Å². The summed E-state index contributed by atoms with van der Waals surface area (Å²) in [6.45, 7) is 6.89. The zero-order valence-electron chi connectivity index (χ0n) is 8.83. The van der Waals surface area contributed by atoms with E-state index >= 15 is 0 Å². The summed E-state index contributed by atoms with van der Waals surface area (Å²) in [6.07, 6.45) is 0.0256. The molecule has 1 rings (SSSR count). The van der Waals surface area contributed by atoms with Crippen molar-refractivity contribution in [2.75, 3.05) is 18.9 Å². The van der Waals surface area contributed by atoms with E-state index in [-0.39, 0.29) is 11.3 Å². The Morgan fingerprint density at radius 3 is 2.86 bits per heavy atom. The first kappa shape index (κ1) is 11.8. The van der Waals surface area contributed by atoms with Crippen LogP contribution in [0.2, 0.25) is 0 Å². The van der Waals surface area contributed by atoms with Gasteiger partial charge in [-0.25, -0.2) is 0 Å². The molecule has 0 unspecified atom stereocenters. The molecule has 1 aliphatic rings. The van der Waals surface area contributed by atoms with Crippen LogP contribution in [0.25, 0.3) is 0 Å². The van der Waals surface area contributed by atoms with E-state index in [1.54, 1.807) is 0 Å². The molecule has 0 saturated carbocycles. The Bertz CT molecular complexity index is 208. The molecule has 1 amide bonds. The van der Waals surface area contributed by atoms with Crippen molar-refractivity contribution >= 4 is 17.0 Å². The van der Waals surface area contributed by atoms with Gasteiger partial charge in [-0.1, -0.05) is 11.8 Å². The van der Waals surface area contributed by atoms with Crippen molar-refractivity contribution in [3.63, 3.8) is 0 Å². The Labute approximate surface area is 88.7 Å². The van der Waals surface area contributed by atoms with Gasteiger partial charge >= 0.3 is 0 Å². The summed E-state index contributed by atoms with van der Waals surface area (Å²) >= 11 is 1.24. The molecule has 1 fully saturated rings. The van der Waals surface area contributed by atoms with Crippen molar-refractivity contribution < 1.29 is 14.3 Å². The number of ether oxygens (including phenoxy) is 2. The zero-order chi connectivity index (χ0) is 10.6. The van der Waals surface area contributed by atoms with Crippen LogP contribution in [0.3, 0.4) is 0 Å². The van der Waals surface area contributed by atoms with Crippen molar-refractivity contribution in [1.82, 2.24) is 5.32 Å². The van der Waals surface area contributed by atoms with Crippen molar-refractivity contribution in [2.45, 2.75) is 32.7 Å². The van der Waals surface area contributed by atoms with Gasteiger partial charge in [0.05, 0.1) is 12.7 Å². The molecule has 0 radical (unpaired) electrons. The Morgan fingerprint density at radius 1 is 1.64 bits per heavy atom. The van der Waals surface area contributed by atoms with Crippen LogP contribution in [0.1, 0.15) is 20.8 Å². The summed E-state index contributed by atoms with van der Waals surface area (Å²) in [5.74, 6) is 0.154. The zero-order valence-corrected chi connectivity index (χ0v) is 9.65. The molecule has 14 heavy (non-hydrogen) atoms. The SMILES string of the molecule is CCNC(=O)SC[C@H]1COC(C)(C)O1. The Hall–Kier alpha value is -0.260. The molecule has 0 aromatic carbocycles. The van der Waals surface area contributed by atoms with Crippen LogP contribution in [0.4, 0.5) is 4.79 Å². The van der Waals surface area contributed by atoms with Crippen LogP contribution < -0.4 is 5.32 Å². The van der Waals surface area contributed by atoms with Crippen LogP contribution >= 0.6 is 11.8 Å². The molecule has 1 N–H and O–H groups in total. The minimum absolute atomic E-state index is 0.000746. The average molecular weight is 219 g/mol. The van der Waals surface area contributed by atoms with Crippen molar-refractivity contribution in [1.29, 1.82) is 0 Å². The predicted molar refractivity (Wildman–Crippen MR) is 56.4 cm³/mol. The smallest absolute Gasteiger partial charge is 0.279 e. The largest absolute Gasteiger partial charge is 0.348 e. The van der Waals surface area contributed by atoms with Crippen LogP contribution in [-0.4, -0.2) is 36.0 Å². The average Bonchev–Trinajstić information content (AvgIpc) is 2.43. The molecule has 0 spiro atoms. The lowest BCUT2D eigenvalue weighted by molar-refractivity contribution is -0.135. The van der Waals surface area contributed by atoms with E-state index in [0.717, 1.165) is 0 Å². The third-order valence-corrected chi connectivity index (χ3v) is 2.73. The Balaban J connectivity index is 2.17. The number of thioether (sulfide) groups is 1. The fourth-order valence-corrected chi connectivity index (χ4v) is 1.96. The summed E-state index contributed by atoms with van der Waals surface area (Å²) in [4.78, 5) is 11.1. The maximum atomic E-state index is 11.1. The van der Waals surface area contributed by atoms with Gasteiger partial charge in [0.1, 0.15) is 0 Å². The van der Waals surface area contributed by atoms with E-state index < -0.39 is 5.79 Å². The van der Waals surface area contributed by atoms with Gasteiger partial charge in [-0.3, -0.25) is 4.79 Å². The standard InChI is InChI=1S/C9H17NO3S/c1-4-10-8(11)14-6-7-5-12-9(2,3)13-7/h7H,4-6H2,1-3H3,(H,10,11)/t7-/m1/s1. The summed E-state index contributed by atoms with van der Waals surface area (Å²) in [7, 11) is 0. The first-order valence-corrected chi connectivity index (χ1v) is 5.74. The summed E-state index contributed by atoms with van der Waals surface area (Å²) in [5.41, 5.74) is 0. The third kappa shape index (κ3) is 3.86. The third-order valence-electron chi connectivity index (χ3n) is 1.79. The second kappa shape index (κ2) is 5.00. The molecule has 5 heteroatoms. The molecule has 0 bridgehead atoms. The number of amides is 1. The van der Waals surface area contributed by atoms with Gasteiger partial charge in [-0.2, -0.15) is 0 Å². The summed E-state index contributed by atoms with van der Waals surface area (Å²) in [5, 5.41) is 2.72. The summed E-state index contributed by atoms with van der Waals surface area (Å²) < 4.78 is 10.9. The van der Waals surface area contributed by atoms with Crippen molar-refractivity contribution in [2.24, 2.45) is 0 Å². The second-order valence-corrected chi connectivity index (χ2v) is 4.57. The molecule has 82 valence electrons. The van der Waals surface area contributed by atoms with Crippen molar-refractivity contribution in [3.05, 3.63) is 0 Å².